The first-order valence-corrected chi connectivity index (χ1v) is 7.52. The van der Waals surface area contributed by atoms with Crippen molar-refractivity contribution in [1.82, 2.24) is 0 Å². The summed E-state index contributed by atoms with van der Waals surface area (Å²) >= 11 is 0. The van der Waals surface area contributed by atoms with Gasteiger partial charge in [0.15, 0.2) is 0 Å². The molecule has 0 fully saturated rings. The van der Waals surface area contributed by atoms with Gasteiger partial charge in [0.05, 0.1) is 0 Å². The molecule has 2 nitrogen and oxygen atoms in total. The highest BCUT2D eigenvalue weighted by Crippen LogP contribution is 2.12. The summed E-state index contributed by atoms with van der Waals surface area (Å²) in [4.78, 5) is 10.3. The number of hydrogen-bond acceptors (Lipinski definition) is 1. The maximum Gasteiger partial charge on any atom is 0.303 e. The minimum Gasteiger partial charge on any atom is -0.481 e. The van der Waals surface area contributed by atoms with E-state index in [9.17, 15) is 4.79 Å². The minimum absolute atomic E-state index is 0.318. The third kappa shape index (κ3) is 7.66. The number of carbonyl (C=O) groups is 1. The molecule has 1 rings (SSSR count). The molecular weight excluding hydrogens is 236 g/mol. The second-order valence-corrected chi connectivity index (χ2v) is 5.23. The molecule has 0 radical (unpaired) electrons. The molecule has 0 heterocycles. The Kier molecular flexibility index (Phi) is 7.95. The number of aryl methyl sites for hydroxylation is 2. The molecule has 0 unspecified atom stereocenters. The zero-order chi connectivity index (χ0) is 13.9. The van der Waals surface area contributed by atoms with Gasteiger partial charge >= 0.3 is 5.97 Å². The van der Waals surface area contributed by atoms with Crippen LogP contribution >= 0.6 is 0 Å². The van der Waals surface area contributed by atoms with E-state index in [4.69, 9.17) is 5.11 Å². The molecule has 0 saturated carbocycles. The van der Waals surface area contributed by atoms with Gasteiger partial charge in [-0.05, 0) is 36.8 Å². The highest BCUT2D eigenvalue weighted by Gasteiger charge is 1.98. The molecule has 19 heavy (non-hydrogen) atoms. The number of carboxylic acid groups (broad SMARTS) is 1. The summed E-state index contributed by atoms with van der Waals surface area (Å²) in [6, 6.07) is 8.97. The topological polar surface area (TPSA) is 37.3 Å². The number of benzene rings is 1. The van der Waals surface area contributed by atoms with Gasteiger partial charge in [0.1, 0.15) is 0 Å². The molecule has 0 aromatic heterocycles. The van der Waals surface area contributed by atoms with Crippen molar-refractivity contribution in [2.45, 2.75) is 64.7 Å². The van der Waals surface area contributed by atoms with Crippen molar-refractivity contribution in [3.05, 3.63) is 35.4 Å². The van der Waals surface area contributed by atoms with E-state index in [1.807, 2.05) is 0 Å². The van der Waals surface area contributed by atoms with E-state index in [-0.39, 0.29) is 0 Å². The molecule has 0 aliphatic heterocycles. The molecule has 1 aromatic carbocycles. The Labute approximate surface area is 116 Å². The van der Waals surface area contributed by atoms with E-state index >= 15 is 0 Å². The van der Waals surface area contributed by atoms with E-state index in [0.717, 1.165) is 25.7 Å². The van der Waals surface area contributed by atoms with Crippen LogP contribution in [-0.2, 0) is 17.6 Å². The Bertz CT molecular complexity index is 354. The fourth-order valence-electron chi connectivity index (χ4n) is 2.30. The number of unbranched alkanes of at least 4 members (excludes halogenated alkanes) is 4. The average Bonchev–Trinajstić information content (AvgIpc) is 2.39. The summed E-state index contributed by atoms with van der Waals surface area (Å²) in [5.74, 6) is -0.674. The lowest BCUT2D eigenvalue weighted by Gasteiger charge is -2.04. The van der Waals surface area contributed by atoms with Crippen molar-refractivity contribution in [1.29, 1.82) is 0 Å². The van der Waals surface area contributed by atoms with Gasteiger partial charge < -0.3 is 5.11 Å². The summed E-state index contributed by atoms with van der Waals surface area (Å²) in [5.41, 5.74) is 2.85. The van der Waals surface area contributed by atoms with Gasteiger partial charge in [0.25, 0.3) is 0 Å². The van der Waals surface area contributed by atoms with Crippen LogP contribution in [0.4, 0.5) is 0 Å². The van der Waals surface area contributed by atoms with Crippen LogP contribution in [0.5, 0.6) is 0 Å². The van der Waals surface area contributed by atoms with Crippen molar-refractivity contribution in [2.24, 2.45) is 0 Å². The van der Waals surface area contributed by atoms with Crippen LogP contribution in [-0.4, -0.2) is 11.1 Å². The zero-order valence-electron chi connectivity index (χ0n) is 12.0. The first-order chi connectivity index (χ1) is 9.22. The van der Waals surface area contributed by atoms with Gasteiger partial charge in [-0.25, -0.2) is 0 Å². The van der Waals surface area contributed by atoms with Crippen LogP contribution in [0.2, 0.25) is 0 Å². The Hall–Kier alpha value is -1.31. The summed E-state index contributed by atoms with van der Waals surface area (Å²) in [6.45, 7) is 2.21. The molecule has 1 aromatic rings. The zero-order valence-corrected chi connectivity index (χ0v) is 12.0. The van der Waals surface area contributed by atoms with E-state index in [1.54, 1.807) is 0 Å². The summed E-state index contributed by atoms with van der Waals surface area (Å²) in [5, 5.41) is 8.53. The number of rotatable bonds is 10. The van der Waals surface area contributed by atoms with Crippen LogP contribution in [0.15, 0.2) is 24.3 Å². The Morgan fingerprint density at radius 1 is 0.895 bits per heavy atom. The third-order valence-corrected chi connectivity index (χ3v) is 3.42. The van der Waals surface area contributed by atoms with Crippen LogP contribution in [0.1, 0.15) is 63.0 Å². The maximum atomic E-state index is 10.3. The molecule has 0 spiro atoms. The van der Waals surface area contributed by atoms with Crippen LogP contribution in [0.25, 0.3) is 0 Å². The smallest absolute Gasteiger partial charge is 0.303 e. The van der Waals surface area contributed by atoms with Crippen LogP contribution < -0.4 is 0 Å². The number of aliphatic carboxylic acids is 1. The quantitative estimate of drug-likeness (QED) is 0.625. The van der Waals surface area contributed by atoms with Gasteiger partial charge in [0, 0.05) is 6.42 Å². The van der Waals surface area contributed by atoms with Crippen molar-refractivity contribution < 1.29 is 9.90 Å². The normalized spacial score (nSPS) is 10.6. The Morgan fingerprint density at radius 3 is 2.00 bits per heavy atom. The largest absolute Gasteiger partial charge is 0.481 e. The van der Waals surface area contributed by atoms with E-state index in [2.05, 4.69) is 31.2 Å². The SMILES string of the molecule is CCCc1ccc(CCCCCCCC(=O)O)cc1. The molecule has 0 aliphatic carbocycles. The van der Waals surface area contributed by atoms with Gasteiger partial charge in [-0.15, -0.1) is 0 Å². The average molecular weight is 262 g/mol. The first kappa shape index (κ1) is 15.7. The van der Waals surface area contributed by atoms with Crippen molar-refractivity contribution in [3.8, 4) is 0 Å². The first-order valence-electron chi connectivity index (χ1n) is 7.52. The predicted octanol–water partition coefficient (Wildman–Crippen LogP) is 4.61. The molecule has 0 aliphatic rings. The number of hydrogen-bond donors (Lipinski definition) is 1. The van der Waals surface area contributed by atoms with Gasteiger partial charge in [0.2, 0.25) is 0 Å². The highest BCUT2D eigenvalue weighted by atomic mass is 16.4. The molecule has 0 bridgehead atoms. The molecule has 1 N–H and O–H groups in total. The van der Waals surface area contributed by atoms with Gasteiger partial charge in [-0.3, -0.25) is 4.79 Å². The number of carboxylic acids is 1. The minimum atomic E-state index is -0.674. The second-order valence-electron chi connectivity index (χ2n) is 5.23. The van der Waals surface area contributed by atoms with Crippen LogP contribution in [0, 0.1) is 0 Å². The van der Waals surface area contributed by atoms with Crippen molar-refractivity contribution >= 4 is 5.97 Å². The Morgan fingerprint density at radius 2 is 1.42 bits per heavy atom. The predicted molar refractivity (Wildman–Crippen MR) is 79.5 cm³/mol. The van der Waals surface area contributed by atoms with Crippen molar-refractivity contribution in [2.75, 3.05) is 0 Å². The van der Waals surface area contributed by atoms with Crippen molar-refractivity contribution in [3.63, 3.8) is 0 Å². The monoisotopic (exact) mass is 262 g/mol. The molecule has 0 amide bonds. The summed E-state index contributed by atoms with van der Waals surface area (Å²) in [6.07, 6.45) is 9.27. The van der Waals surface area contributed by atoms with E-state index in [1.165, 1.54) is 36.8 Å². The van der Waals surface area contributed by atoms with Gasteiger partial charge in [-0.1, -0.05) is 56.9 Å². The molecule has 2 heteroatoms. The molecule has 106 valence electrons. The fraction of sp³-hybridized carbons (Fsp3) is 0.588. The second kappa shape index (κ2) is 9.60. The third-order valence-electron chi connectivity index (χ3n) is 3.42. The lowest BCUT2D eigenvalue weighted by molar-refractivity contribution is -0.137. The molecular formula is C17H26O2. The highest BCUT2D eigenvalue weighted by molar-refractivity contribution is 5.66. The molecule has 0 atom stereocenters. The van der Waals surface area contributed by atoms with E-state index in [0.29, 0.717) is 6.42 Å². The summed E-state index contributed by atoms with van der Waals surface area (Å²) in [7, 11) is 0. The van der Waals surface area contributed by atoms with Gasteiger partial charge in [-0.2, -0.15) is 0 Å². The van der Waals surface area contributed by atoms with E-state index < -0.39 is 5.97 Å². The molecule has 0 saturated heterocycles. The Balaban J connectivity index is 2.07. The maximum absolute atomic E-state index is 10.3. The lowest BCUT2D eigenvalue weighted by Crippen LogP contribution is -1.93. The standard InChI is InChI=1S/C17H26O2/c1-2-8-15-11-13-16(14-12-15)9-6-4-3-5-7-10-17(18)19/h11-14H,2-10H2,1H3,(H,18,19). The lowest BCUT2D eigenvalue weighted by atomic mass is 10.0. The van der Waals surface area contributed by atoms with Crippen LogP contribution in [0.3, 0.4) is 0 Å². The fourth-order valence-corrected chi connectivity index (χ4v) is 2.30. The summed E-state index contributed by atoms with van der Waals surface area (Å²) < 4.78 is 0.